The molecule has 0 bridgehead atoms. The molecule has 112 valence electrons. The predicted octanol–water partition coefficient (Wildman–Crippen LogP) is 2.57. The molecule has 0 radical (unpaired) electrons. The minimum atomic E-state index is -1.36. The second kappa shape index (κ2) is 6.01. The Labute approximate surface area is 125 Å². The van der Waals surface area contributed by atoms with Crippen LogP contribution in [0.4, 0.5) is 5.69 Å². The molecule has 21 heavy (non-hydrogen) atoms. The number of nitro groups is 1. The number of halogens is 1. The zero-order chi connectivity index (χ0) is 15.5. The van der Waals surface area contributed by atoms with E-state index in [-0.39, 0.29) is 18.5 Å². The first kappa shape index (κ1) is 15.1. The summed E-state index contributed by atoms with van der Waals surface area (Å²) >= 11 is 5.87. The van der Waals surface area contributed by atoms with Gasteiger partial charge in [0.15, 0.2) is 0 Å². The van der Waals surface area contributed by atoms with Crippen molar-refractivity contribution < 1.29 is 23.9 Å². The lowest BCUT2D eigenvalue weighted by atomic mass is 10.0. The number of benzene rings is 1. The molecule has 0 N–H and O–H groups in total. The number of hydrogen-bond acceptors (Lipinski definition) is 6. The van der Waals surface area contributed by atoms with Crippen molar-refractivity contribution >= 4 is 23.3 Å². The van der Waals surface area contributed by atoms with Crippen LogP contribution in [0.25, 0.3) is 0 Å². The van der Waals surface area contributed by atoms with Crippen molar-refractivity contribution in [3.8, 4) is 0 Å². The average molecular weight is 314 g/mol. The summed E-state index contributed by atoms with van der Waals surface area (Å²) in [6.07, 6.45) is 2.32. The number of hydrogen-bond donors (Lipinski definition) is 0. The maximum Gasteiger partial charge on any atom is 0.313 e. The third-order valence-electron chi connectivity index (χ3n) is 2.96. The number of nitrogens with zero attached hydrogens (tertiary/aromatic N) is 1. The standard InChI is InChI=1S/C13H12ClNO6/c1-19-12(16)8-13(20-4-5-21-13)7-9-6-10(14)2-3-11(9)15(17)18/h2-6H,7-8H2,1H3. The van der Waals surface area contributed by atoms with Crippen LogP contribution < -0.4 is 0 Å². The lowest BCUT2D eigenvalue weighted by Crippen LogP contribution is -2.36. The third-order valence-corrected chi connectivity index (χ3v) is 3.20. The molecule has 0 amide bonds. The van der Waals surface area contributed by atoms with E-state index in [4.69, 9.17) is 21.1 Å². The van der Waals surface area contributed by atoms with Crippen molar-refractivity contribution in [2.24, 2.45) is 0 Å². The summed E-state index contributed by atoms with van der Waals surface area (Å²) in [7, 11) is 1.24. The Morgan fingerprint density at radius 2 is 2.10 bits per heavy atom. The van der Waals surface area contributed by atoms with E-state index in [1.54, 1.807) is 0 Å². The molecule has 0 aromatic heterocycles. The molecule has 0 saturated carbocycles. The van der Waals surface area contributed by atoms with Gasteiger partial charge in [-0.2, -0.15) is 0 Å². The topological polar surface area (TPSA) is 87.9 Å². The van der Waals surface area contributed by atoms with Crippen molar-refractivity contribution in [1.82, 2.24) is 0 Å². The number of esters is 1. The first-order valence-electron chi connectivity index (χ1n) is 5.96. The van der Waals surface area contributed by atoms with Gasteiger partial charge in [0.1, 0.15) is 18.9 Å². The van der Waals surface area contributed by atoms with Crippen molar-refractivity contribution in [2.45, 2.75) is 18.6 Å². The fourth-order valence-corrected chi connectivity index (χ4v) is 2.21. The molecule has 1 aromatic carbocycles. The summed E-state index contributed by atoms with van der Waals surface area (Å²) in [5.74, 6) is -1.91. The molecule has 0 saturated heterocycles. The van der Waals surface area contributed by atoms with Crippen molar-refractivity contribution in [2.75, 3.05) is 7.11 Å². The van der Waals surface area contributed by atoms with Gasteiger partial charge in [0.25, 0.3) is 11.5 Å². The van der Waals surface area contributed by atoms with Gasteiger partial charge in [-0.05, 0) is 12.1 Å². The number of ether oxygens (including phenoxy) is 3. The Morgan fingerprint density at radius 3 is 2.67 bits per heavy atom. The van der Waals surface area contributed by atoms with Crippen LogP contribution in [0.2, 0.25) is 5.02 Å². The normalized spacial score (nSPS) is 15.1. The number of carbonyl (C=O) groups is 1. The van der Waals surface area contributed by atoms with E-state index < -0.39 is 16.7 Å². The molecular formula is C13H12ClNO6. The lowest BCUT2D eigenvalue weighted by Gasteiger charge is -2.26. The fourth-order valence-electron chi connectivity index (χ4n) is 2.02. The maximum absolute atomic E-state index is 11.5. The summed E-state index contributed by atoms with van der Waals surface area (Å²) in [5, 5.41) is 11.4. The van der Waals surface area contributed by atoms with Gasteiger partial charge in [0, 0.05) is 16.7 Å². The van der Waals surface area contributed by atoms with E-state index >= 15 is 0 Å². The van der Waals surface area contributed by atoms with Gasteiger partial charge in [0.05, 0.1) is 18.5 Å². The van der Waals surface area contributed by atoms with E-state index in [2.05, 4.69) is 4.74 Å². The minimum absolute atomic E-state index is 0.0219. The molecule has 0 fully saturated rings. The highest BCUT2D eigenvalue weighted by Gasteiger charge is 2.41. The fraction of sp³-hybridized carbons (Fsp3) is 0.308. The van der Waals surface area contributed by atoms with Gasteiger partial charge < -0.3 is 14.2 Å². The number of carbonyl (C=O) groups excluding carboxylic acids is 1. The molecule has 2 rings (SSSR count). The molecule has 0 aliphatic carbocycles. The van der Waals surface area contributed by atoms with Crippen LogP contribution in [0.5, 0.6) is 0 Å². The van der Waals surface area contributed by atoms with E-state index in [0.717, 1.165) is 0 Å². The summed E-state index contributed by atoms with van der Waals surface area (Å²) < 4.78 is 15.2. The Bertz CT molecular complexity index is 592. The first-order valence-corrected chi connectivity index (χ1v) is 6.34. The summed E-state index contributed by atoms with van der Waals surface area (Å²) in [5.41, 5.74) is 0.183. The number of nitro benzene ring substituents is 1. The average Bonchev–Trinajstić information content (AvgIpc) is 2.86. The van der Waals surface area contributed by atoms with Gasteiger partial charge in [-0.25, -0.2) is 0 Å². The van der Waals surface area contributed by atoms with Crippen LogP contribution in [0.3, 0.4) is 0 Å². The molecule has 0 unspecified atom stereocenters. The largest absolute Gasteiger partial charge is 0.469 e. The third kappa shape index (κ3) is 3.43. The lowest BCUT2D eigenvalue weighted by molar-refractivity contribution is -0.386. The zero-order valence-electron chi connectivity index (χ0n) is 11.1. The van der Waals surface area contributed by atoms with Crippen molar-refractivity contribution in [3.63, 3.8) is 0 Å². The molecule has 0 spiro atoms. The van der Waals surface area contributed by atoms with E-state index in [9.17, 15) is 14.9 Å². The second-order valence-corrected chi connectivity index (χ2v) is 4.81. The summed E-state index contributed by atoms with van der Waals surface area (Å²) in [4.78, 5) is 22.0. The van der Waals surface area contributed by atoms with Crippen LogP contribution >= 0.6 is 11.6 Å². The Kier molecular flexibility index (Phi) is 4.32. The second-order valence-electron chi connectivity index (χ2n) is 4.38. The van der Waals surface area contributed by atoms with Crippen LogP contribution in [-0.4, -0.2) is 23.8 Å². The molecule has 0 atom stereocenters. The van der Waals surface area contributed by atoms with Gasteiger partial charge in [-0.3, -0.25) is 14.9 Å². The first-order chi connectivity index (χ1) is 9.96. The van der Waals surface area contributed by atoms with E-state index in [0.29, 0.717) is 10.6 Å². The predicted molar refractivity (Wildman–Crippen MR) is 72.5 cm³/mol. The highest BCUT2D eigenvalue weighted by Crippen LogP contribution is 2.33. The van der Waals surface area contributed by atoms with E-state index in [1.165, 1.54) is 37.8 Å². The Balaban J connectivity index is 2.31. The summed E-state index contributed by atoms with van der Waals surface area (Å²) in [6, 6.07) is 4.17. The quantitative estimate of drug-likeness (QED) is 0.471. The minimum Gasteiger partial charge on any atom is -0.469 e. The Morgan fingerprint density at radius 1 is 1.43 bits per heavy atom. The zero-order valence-corrected chi connectivity index (χ0v) is 11.8. The van der Waals surface area contributed by atoms with Crippen LogP contribution in [-0.2, 0) is 25.4 Å². The van der Waals surface area contributed by atoms with Crippen molar-refractivity contribution in [3.05, 3.63) is 51.4 Å². The van der Waals surface area contributed by atoms with Crippen LogP contribution in [0.15, 0.2) is 30.7 Å². The van der Waals surface area contributed by atoms with Gasteiger partial charge in [-0.1, -0.05) is 11.6 Å². The highest BCUT2D eigenvalue weighted by atomic mass is 35.5. The number of methoxy groups -OCH3 is 1. The monoisotopic (exact) mass is 313 g/mol. The van der Waals surface area contributed by atoms with Crippen LogP contribution in [0, 0.1) is 10.1 Å². The van der Waals surface area contributed by atoms with Gasteiger partial charge >= 0.3 is 5.97 Å². The van der Waals surface area contributed by atoms with Crippen LogP contribution in [0.1, 0.15) is 12.0 Å². The highest BCUT2D eigenvalue weighted by molar-refractivity contribution is 6.30. The molecule has 8 heteroatoms. The molecule has 1 heterocycles. The SMILES string of the molecule is COC(=O)CC1(Cc2cc(Cl)ccc2[N+](=O)[O-])OC=CO1. The molecule has 7 nitrogen and oxygen atoms in total. The van der Waals surface area contributed by atoms with Gasteiger partial charge in [-0.15, -0.1) is 0 Å². The molecule has 1 aliphatic rings. The van der Waals surface area contributed by atoms with E-state index in [1.807, 2.05) is 0 Å². The number of rotatable bonds is 5. The molecule has 1 aliphatic heterocycles. The Hall–Kier alpha value is -2.28. The van der Waals surface area contributed by atoms with Gasteiger partial charge in [0.2, 0.25) is 0 Å². The maximum atomic E-state index is 11.5. The molecular weight excluding hydrogens is 302 g/mol. The summed E-state index contributed by atoms with van der Waals surface area (Å²) in [6.45, 7) is 0. The smallest absolute Gasteiger partial charge is 0.313 e. The van der Waals surface area contributed by atoms with Crippen molar-refractivity contribution in [1.29, 1.82) is 0 Å². The molecule has 1 aromatic rings.